The molecule has 6 nitrogen and oxygen atoms in total. The summed E-state index contributed by atoms with van der Waals surface area (Å²) in [4.78, 5) is 15.0. The number of piperidine rings is 1. The van der Waals surface area contributed by atoms with Crippen LogP contribution in [0.1, 0.15) is 31.7 Å². The zero-order chi connectivity index (χ0) is 20.4. The van der Waals surface area contributed by atoms with Gasteiger partial charge in [-0.25, -0.2) is 8.42 Å². The van der Waals surface area contributed by atoms with E-state index in [9.17, 15) is 13.2 Å². The summed E-state index contributed by atoms with van der Waals surface area (Å²) in [6.07, 6.45) is 3.74. The molecule has 29 heavy (non-hydrogen) atoms. The number of benzene rings is 2. The lowest BCUT2D eigenvalue weighted by Crippen LogP contribution is -2.39. The highest BCUT2D eigenvalue weighted by Crippen LogP contribution is 2.32. The number of hydrogen-bond donors (Lipinski definition) is 1. The van der Waals surface area contributed by atoms with E-state index in [2.05, 4.69) is 11.4 Å². The van der Waals surface area contributed by atoms with Crippen molar-refractivity contribution in [3.63, 3.8) is 0 Å². The van der Waals surface area contributed by atoms with Crippen molar-refractivity contribution in [2.45, 2.75) is 43.5 Å². The number of rotatable bonds is 5. The molecular formula is C22H27N3O3S. The van der Waals surface area contributed by atoms with Crippen LogP contribution in [0.5, 0.6) is 0 Å². The molecule has 4 rings (SSSR count). The Morgan fingerprint density at radius 3 is 2.62 bits per heavy atom. The fraction of sp³-hybridized carbons (Fsp3) is 0.409. The number of carbonyl (C=O) groups excluding carboxylic acids is 1. The number of anilines is 2. The molecule has 1 N–H and O–H groups in total. The Morgan fingerprint density at radius 1 is 1.07 bits per heavy atom. The average Bonchev–Trinajstić information content (AvgIpc) is 3.08. The van der Waals surface area contributed by atoms with E-state index in [0.717, 1.165) is 31.4 Å². The first-order valence-corrected chi connectivity index (χ1v) is 11.6. The van der Waals surface area contributed by atoms with Gasteiger partial charge in [-0.3, -0.25) is 4.79 Å². The van der Waals surface area contributed by atoms with Crippen LogP contribution in [0.2, 0.25) is 0 Å². The van der Waals surface area contributed by atoms with Gasteiger partial charge in [0.1, 0.15) is 0 Å². The monoisotopic (exact) mass is 413 g/mol. The highest BCUT2D eigenvalue weighted by molar-refractivity contribution is 7.89. The second-order valence-electron chi connectivity index (χ2n) is 7.79. The summed E-state index contributed by atoms with van der Waals surface area (Å²) < 4.78 is 27.3. The lowest BCUT2D eigenvalue weighted by atomic mass is 10.1. The lowest BCUT2D eigenvalue weighted by molar-refractivity contribution is -0.117. The molecular weight excluding hydrogens is 386 g/mol. The van der Waals surface area contributed by atoms with Crippen molar-refractivity contribution in [3.05, 3.63) is 54.1 Å². The summed E-state index contributed by atoms with van der Waals surface area (Å²) in [5, 5.41) is 3.11. The van der Waals surface area contributed by atoms with Gasteiger partial charge in [-0.05, 0) is 56.0 Å². The third-order valence-corrected chi connectivity index (χ3v) is 7.60. The van der Waals surface area contributed by atoms with E-state index >= 15 is 0 Å². The van der Waals surface area contributed by atoms with Gasteiger partial charge in [-0.15, -0.1) is 0 Å². The first kappa shape index (κ1) is 19.9. The molecule has 0 saturated carbocycles. The smallest absolute Gasteiger partial charge is 0.246 e. The summed E-state index contributed by atoms with van der Waals surface area (Å²) in [5.74, 6) is -0.0215. The van der Waals surface area contributed by atoms with Crippen LogP contribution in [0.25, 0.3) is 0 Å². The Kier molecular flexibility index (Phi) is 5.61. The number of nitrogens with zero attached hydrogens (tertiary/aromatic N) is 2. The Bertz CT molecular complexity index is 1000. The molecule has 0 aliphatic carbocycles. The normalized spacial score (nSPS) is 19.8. The molecule has 2 aromatic rings. The van der Waals surface area contributed by atoms with E-state index in [-0.39, 0.29) is 23.4 Å². The highest BCUT2D eigenvalue weighted by Gasteiger charge is 2.30. The maximum atomic E-state index is 12.9. The van der Waals surface area contributed by atoms with Crippen molar-refractivity contribution in [3.8, 4) is 0 Å². The average molecular weight is 414 g/mol. The van der Waals surface area contributed by atoms with Crippen LogP contribution >= 0.6 is 0 Å². The molecule has 1 amide bonds. The predicted molar refractivity (Wildman–Crippen MR) is 115 cm³/mol. The van der Waals surface area contributed by atoms with E-state index in [1.54, 1.807) is 28.6 Å². The highest BCUT2D eigenvalue weighted by atomic mass is 32.2. The van der Waals surface area contributed by atoms with Crippen LogP contribution < -0.4 is 10.2 Å². The van der Waals surface area contributed by atoms with Gasteiger partial charge in [0.05, 0.1) is 11.4 Å². The van der Waals surface area contributed by atoms with Crippen LogP contribution in [0, 0.1) is 0 Å². The molecule has 0 aromatic heterocycles. The molecule has 0 unspecified atom stereocenters. The summed E-state index contributed by atoms with van der Waals surface area (Å²) >= 11 is 0. The summed E-state index contributed by atoms with van der Waals surface area (Å²) in [5.41, 5.74) is 2.78. The van der Waals surface area contributed by atoms with Crippen LogP contribution in [-0.2, 0) is 21.2 Å². The van der Waals surface area contributed by atoms with Crippen LogP contribution in [0.15, 0.2) is 53.4 Å². The van der Waals surface area contributed by atoms with E-state index in [1.165, 1.54) is 5.56 Å². The van der Waals surface area contributed by atoms with Gasteiger partial charge in [0.25, 0.3) is 0 Å². The summed E-state index contributed by atoms with van der Waals surface area (Å²) in [6, 6.07) is 14.8. The van der Waals surface area contributed by atoms with E-state index in [0.29, 0.717) is 18.8 Å². The van der Waals surface area contributed by atoms with Gasteiger partial charge < -0.3 is 10.2 Å². The summed E-state index contributed by atoms with van der Waals surface area (Å²) in [6.45, 7) is 3.31. The number of amides is 1. The molecule has 1 atom stereocenters. The van der Waals surface area contributed by atoms with Gasteiger partial charge in [0.2, 0.25) is 15.9 Å². The van der Waals surface area contributed by atoms with Crippen molar-refractivity contribution in [1.29, 1.82) is 0 Å². The molecule has 1 saturated heterocycles. The predicted octanol–water partition coefficient (Wildman–Crippen LogP) is 3.25. The fourth-order valence-electron chi connectivity index (χ4n) is 4.23. The first-order chi connectivity index (χ1) is 14.0. The van der Waals surface area contributed by atoms with Crippen molar-refractivity contribution >= 4 is 27.3 Å². The van der Waals surface area contributed by atoms with Crippen molar-refractivity contribution in [1.82, 2.24) is 4.31 Å². The first-order valence-electron chi connectivity index (χ1n) is 10.2. The zero-order valence-electron chi connectivity index (χ0n) is 16.7. The minimum atomic E-state index is -3.49. The Labute approximate surface area is 172 Å². The van der Waals surface area contributed by atoms with E-state index in [4.69, 9.17) is 0 Å². The van der Waals surface area contributed by atoms with E-state index < -0.39 is 10.0 Å². The third-order valence-electron chi connectivity index (χ3n) is 5.71. The van der Waals surface area contributed by atoms with Crippen molar-refractivity contribution < 1.29 is 13.2 Å². The van der Waals surface area contributed by atoms with Gasteiger partial charge >= 0.3 is 0 Å². The Hall–Kier alpha value is -2.38. The second kappa shape index (κ2) is 8.16. The van der Waals surface area contributed by atoms with Gasteiger partial charge in [-0.1, -0.05) is 30.7 Å². The molecule has 2 aliphatic heterocycles. The standard InChI is InChI=1S/C22H27N3O3S/c1-17-14-18-8-3-4-11-21(18)25(17)22(26)16-23-19-9-7-10-20(15-19)29(27,28)24-12-5-2-6-13-24/h3-4,7-11,15,17,23H,2,5-6,12-14,16H2,1H3/t17-/m1/s1. The molecule has 0 bridgehead atoms. The van der Waals surface area contributed by atoms with Gasteiger partial charge in [-0.2, -0.15) is 4.31 Å². The maximum Gasteiger partial charge on any atom is 0.246 e. The maximum absolute atomic E-state index is 12.9. The van der Waals surface area contributed by atoms with Crippen LogP contribution in [-0.4, -0.2) is 44.3 Å². The number of para-hydroxylation sites is 1. The molecule has 2 aliphatic rings. The van der Waals surface area contributed by atoms with Crippen LogP contribution in [0.3, 0.4) is 0 Å². The SMILES string of the molecule is C[C@@H]1Cc2ccccc2N1C(=O)CNc1cccc(S(=O)(=O)N2CCCCC2)c1. The number of fused-ring (bicyclic) bond motifs is 1. The number of nitrogens with one attached hydrogen (secondary N) is 1. The minimum Gasteiger partial charge on any atom is -0.376 e. The van der Waals surface area contributed by atoms with Gasteiger partial charge in [0, 0.05) is 30.5 Å². The minimum absolute atomic E-state index is 0.0215. The fourth-order valence-corrected chi connectivity index (χ4v) is 5.79. The molecule has 2 heterocycles. The largest absolute Gasteiger partial charge is 0.376 e. The van der Waals surface area contributed by atoms with Crippen molar-refractivity contribution in [2.75, 3.05) is 29.9 Å². The molecule has 0 spiro atoms. The molecule has 1 fully saturated rings. The molecule has 7 heteroatoms. The lowest BCUT2D eigenvalue weighted by Gasteiger charge is -2.26. The zero-order valence-corrected chi connectivity index (χ0v) is 17.5. The summed E-state index contributed by atoms with van der Waals surface area (Å²) in [7, 11) is -3.49. The van der Waals surface area contributed by atoms with E-state index in [1.807, 2.05) is 30.0 Å². The third kappa shape index (κ3) is 4.02. The van der Waals surface area contributed by atoms with Gasteiger partial charge in [0.15, 0.2) is 0 Å². The topological polar surface area (TPSA) is 69.7 Å². The number of sulfonamides is 1. The number of carbonyl (C=O) groups is 1. The Balaban J connectivity index is 1.46. The molecule has 0 radical (unpaired) electrons. The molecule has 154 valence electrons. The quantitative estimate of drug-likeness (QED) is 0.817. The van der Waals surface area contributed by atoms with Crippen LogP contribution in [0.4, 0.5) is 11.4 Å². The molecule has 2 aromatic carbocycles. The number of hydrogen-bond acceptors (Lipinski definition) is 4. The van der Waals surface area contributed by atoms with Crippen molar-refractivity contribution in [2.24, 2.45) is 0 Å². The Morgan fingerprint density at radius 2 is 1.83 bits per heavy atom. The second-order valence-corrected chi connectivity index (χ2v) is 9.73.